The number of aromatic nitrogens is 6. The fraction of sp³-hybridized carbons (Fsp3) is 0.450. The molecule has 5 rings (SSSR count). The molecule has 2 aliphatic heterocycles. The van der Waals surface area contributed by atoms with E-state index in [9.17, 15) is 4.39 Å². The van der Waals surface area contributed by atoms with Crippen molar-refractivity contribution in [2.24, 2.45) is 0 Å². The Bertz CT molecular complexity index is 1140. The van der Waals surface area contributed by atoms with Crippen LogP contribution in [0.15, 0.2) is 24.4 Å². The molecule has 0 bridgehead atoms. The number of ether oxygens (including phenoxy) is 1. The average Bonchev–Trinajstić information content (AvgIpc) is 3.25. The number of rotatable bonds is 4. The molecule has 3 aromatic rings. The van der Waals surface area contributed by atoms with Crippen LogP contribution in [0.1, 0.15) is 34.1 Å². The predicted molar refractivity (Wildman–Crippen MR) is 112 cm³/mol. The van der Waals surface area contributed by atoms with Crippen molar-refractivity contribution in [3.63, 3.8) is 0 Å². The average molecular weight is 425 g/mol. The molecule has 162 valence electrons. The molecule has 3 N–H and O–H groups in total. The van der Waals surface area contributed by atoms with Gasteiger partial charge in [0.25, 0.3) is 0 Å². The van der Waals surface area contributed by atoms with E-state index < -0.39 is 5.82 Å². The summed E-state index contributed by atoms with van der Waals surface area (Å²) < 4.78 is 21.7. The van der Waals surface area contributed by atoms with Gasteiger partial charge in [-0.05, 0) is 62.7 Å². The van der Waals surface area contributed by atoms with Gasteiger partial charge in [-0.2, -0.15) is 9.67 Å². The van der Waals surface area contributed by atoms with E-state index >= 15 is 0 Å². The molecular weight excluding hydrogens is 401 g/mol. The Morgan fingerprint density at radius 1 is 1.26 bits per heavy atom. The van der Waals surface area contributed by atoms with Crippen molar-refractivity contribution >= 4 is 17.5 Å². The van der Waals surface area contributed by atoms with E-state index in [0.29, 0.717) is 17.3 Å². The van der Waals surface area contributed by atoms with Crippen molar-refractivity contribution in [2.45, 2.75) is 58.0 Å². The molecule has 0 aliphatic carbocycles. The third-order valence-corrected chi connectivity index (χ3v) is 5.65. The molecule has 11 heteroatoms. The Hall–Kier alpha value is -3.34. The van der Waals surface area contributed by atoms with Gasteiger partial charge in [-0.1, -0.05) is 0 Å². The lowest BCUT2D eigenvalue weighted by Gasteiger charge is -2.29. The first-order valence-corrected chi connectivity index (χ1v) is 10.1. The number of tetrazole rings is 1. The minimum Gasteiger partial charge on any atom is -0.470 e. The molecule has 0 saturated carbocycles. The molecule has 1 aromatic carbocycles. The van der Waals surface area contributed by atoms with Gasteiger partial charge < -0.3 is 20.7 Å². The van der Waals surface area contributed by atoms with E-state index in [1.807, 2.05) is 18.2 Å². The van der Waals surface area contributed by atoms with Gasteiger partial charge in [-0.3, -0.25) is 0 Å². The van der Waals surface area contributed by atoms with Crippen molar-refractivity contribution in [1.82, 2.24) is 35.5 Å². The molecule has 10 nitrogen and oxygen atoms in total. The van der Waals surface area contributed by atoms with Gasteiger partial charge in [0.05, 0.1) is 11.8 Å². The number of hydrogen-bond donors (Lipinski definition) is 3. The van der Waals surface area contributed by atoms with E-state index in [1.165, 1.54) is 6.20 Å². The number of anilines is 3. The van der Waals surface area contributed by atoms with Crippen molar-refractivity contribution < 1.29 is 9.13 Å². The zero-order valence-corrected chi connectivity index (χ0v) is 17.8. The largest absolute Gasteiger partial charge is 0.470 e. The maximum absolute atomic E-state index is 14.5. The number of halogens is 1. The van der Waals surface area contributed by atoms with Gasteiger partial charge in [-0.15, -0.1) is 5.10 Å². The summed E-state index contributed by atoms with van der Waals surface area (Å²) in [4.78, 5) is 8.47. The van der Waals surface area contributed by atoms with E-state index in [-0.39, 0.29) is 35.6 Å². The molecule has 31 heavy (non-hydrogen) atoms. The minimum absolute atomic E-state index is 0.0134. The van der Waals surface area contributed by atoms with E-state index in [1.54, 1.807) is 4.68 Å². The Kier molecular flexibility index (Phi) is 4.33. The van der Waals surface area contributed by atoms with E-state index in [4.69, 9.17) is 4.74 Å². The van der Waals surface area contributed by atoms with Crippen LogP contribution < -0.4 is 20.7 Å². The molecule has 1 saturated heterocycles. The monoisotopic (exact) mass is 425 g/mol. The highest BCUT2D eigenvalue weighted by atomic mass is 19.1. The highest BCUT2D eigenvalue weighted by molar-refractivity contribution is 5.72. The molecule has 0 radical (unpaired) electrons. The van der Waals surface area contributed by atoms with E-state index in [0.717, 1.165) is 12.0 Å². The quantitative estimate of drug-likeness (QED) is 0.580. The van der Waals surface area contributed by atoms with Crippen molar-refractivity contribution in [3.8, 4) is 17.1 Å². The van der Waals surface area contributed by atoms with Gasteiger partial charge in [0.15, 0.2) is 24.2 Å². The van der Waals surface area contributed by atoms with Crippen LogP contribution in [-0.4, -0.2) is 47.3 Å². The molecule has 2 aromatic heterocycles. The highest BCUT2D eigenvalue weighted by Crippen LogP contribution is 2.35. The fourth-order valence-electron chi connectivity index (χ4n) is 4.35. The fourth-order valence-corrected chi connectivity index (χ4v) is 4.35. The van der Waals surface area contributed by atoms with Crippen molar-refractivity contribution in [1.29, 1.82) is 0 Å². The van der Waals surface area contributed by atoms with Crippen LogP contribution in [0.3, 0.4) is 0 Å². The lowest BCUT2D eigenvalue weighted by Crippen LogP contribution is -2.48. The van der Waals surface area contributed by atoms with Crippen LogP contribution in [0, 0.1) is 5.82 Å². The lowest BCUT2D eigenvalue weighted by atomic mass is 9.94. The summed E-state index contributed by atoms with van der Waals surface area (Å²) in [6.45, 7) is 8.73. The molecule has 0 spiro atoms. The summed E-state index contributed by atoms with van der Waals surface area (Å²) in [5.74, 6) is 1.26. The molecule has 1 fully saturated rings. The Morgan fingerprint density at radius 3 is 2.87 bits per heavy atom. The zero-order chi connectivity index (χ0) is 21.8. The Labute approximate surface area is 178 Å². The first kappa shape index (κ1) is 19.6. The summed E-state index contributed by atoms with van der Waals surface area (Å²) in [7, 11) is 0. The van der Waals surface area contributed by atoms with Crippen molar-refractivity contribution in [2.75, 3.05) is 10.6 Å². The number of nitrogens with zero attached hydrogens (tertiary/aromatic N) is 6. The normalized spacial score (nSPS) is 20.5. The smallest absolute Gasteiger partial charge is 0.229 e. The molecule has 1 unspecified atom stereocenters. The van der Waals surface area contributed by atoms with Gasteiger partial charge in [0, 0.05) is 22.8 Å². The standard InChI is InChI=1S/C20H24FN9O/c1-19(2)8-15(20(3,4)27-19)24-16-13(21)9-22-18(25-16)23-11-5-6-14-12(7-11)17-26-28-29-30(17)10-31-14/h5-7,9,15,27H,8,10H2,1-4H3,(H2,22,23,24,25). The third kappa shape index (κ3) is 3.65. The lowest BCUT2D eigenvalue weighted by molar-refractivity contribution is 0.212. The minimum atomic E-state index is -0.496. The van der Waals surface area contributed by atoms with Gasteiger partial charge in [0.2, 0.25) is 5.95 Å². The first-order chi connectivity index (χ1) is 14.7. The van der Waals surface area contributed by atoms with Crippen LogP contribution in [0.5, 0.6) is 5.75 Å². The van der Waals surface area contributed by atoms with Crippen molar-refractivity contribution in [3.05, 3.63) is 30.2 Å². The molecule has 0 amide bonds. The van der Waals surface area contributed by atoms with Crippen LogP contribution >= 0.6 is 0 Å². The Morgan fingerprint density at radius 2 is 2.10 bits per heavy atom. The highest BCUT2D eigenvalue weighted by Gasteiger charge is 2.44. The second kappa shape index (κ2) is 6.84. The summed E-state index contributed by atoms with van der Waals surface area (Å²) in [5.41, 5.74) is 1.20. The summed E-state index contributed by atoms with van der Waals surface area (Å²) in [6, 6.07) is 5.53. The molecule has 1 atom stereocenters. The predicted octanol–water partition coefficient (Wildman–Crippen LogP) is 2.69. The molecule has 2 aliphatic rings. The van der Waals surface area contributed by atoms with Crippen LogP contribution in [0.2, 0.25) is 0 Å². The summed E-state index contributed by atoms with van der Waals surface area (Å²) >= 11 is 0. The van der Waals surface area contributed by atoms with Crippen LogP contribution in [0.25, 0.3) is 11.4 Å². The number of hydrogen-bond acceptors (Lipinski definition) is 9. The molecule has 4 heterocycles. The van der Waals surface area contributed by atoms with Gasteiger partial charge in [-0.25, -0.2) is 9.37 Å². The third-order valence-electron chi connectivity index (χ3n) is 5.65. The molecular formula is C20H24FN9O. The summed E-state index contributed by atoms with van der Waals surface area (Å²) in [5, 5.41) is 21.6. The number of fused-ring (bicyclic) bond motifs is 3. The van der Waals surface area contributed by atoms with Gasteiger partial charge >= 0.3 is 0 Å². The second-order valence-corrected chi connectivity index (χ2v) is 9.13. The number of nitrogens with one attached hydrogen (secondary N) is 3. The maximum atomic E-state index is 14.5. The second-order valence-electron chi connectivity index (χ2n) is 9.13. The zero-order valence-electron chi connectivity index (χ0n) is 17.8. The Balaban J connectivity index is 1.39. The topological polar surface area (TPSA) is 115 Å². The summed E-state index contributed by atoms with van der Waals surface area (Å²) in [6.07, 6.45) is 2.01. The maximum Gasteiger partial charge on any atom is 0.229 e. The van der Waals surface area contributed by atoms with Gasteiger partial charge in [0.1, 0.15) is 5.75 Å². The number of benzene rings is 1. The van der Waals surface area contributed by atoms with E-state index in [2.05, 4.69) is 69.1 Å². The SMILES string of the molecule is CC1(C)CC(Nc2nc(Nc3ccc4c(c3)-c3nnnn3CO4)ncc2F)C(C)(C)N1. The van der Waals surface area contributed by atoms with Crippen LogP contribution in [-0.2, 0) is 6.73 Å². The van der Waals surface area contributed by atoms with Crippen LogP contribution in [0.4, 0.5) is 21.8 Å². The first-order valence-electron chi connectivity index (χ1n) is 10.1.